The molecule has 0 fully saturated rings. The number of carbonyl (C=O) groups is 1. The molecule has 0 aliphatic rings. The van der Waals surface area contributed by atoms with Crippen molar-refractivity contribution in [3.8, 4) is 11.3 Å². The molecule has 0 unspecified atom stereocenters. The Morgan fingerprint density at radius 1 is 1.27 bits per heavy atom. The van der Waals surface area contributed by atoms with Gasteiger partial charge in [0.15, 0.2) is 11.7 Å². The maximum absolute atomic E-state index is 12.2. The second kappa shape index (κ2) is 10.8. The average molecular weight is 423 g/mol. The lowest BCUT2D eigenvalue weighted by Gasteiger charge is -2.29. The van der Waals surface area contributed by atoms with E-state index in [9.17, 15) is 4.79 Å². The van der Waals surface area contributed by atoms with Gasteiger partial charge in [0.25, 0.3) is 0 Å². The molecule has 0 aliphatic carbocycles. The summed E-state index contributed by atoms with van der Waals surface area (Å²) >= 11 is 5.88. The van der Waals surface area contributed by atoms with Crippen molar-refractivity contribution in [2.75, 3.05) is 20.1 Å². The van der Waals surface area contributed by atoms with Gasteiger partial charge in [-0.05, 0) is 36.2 Å². The molecule has 1 heterocycles. The van der Waals surface area contributed by atoms with E-state index in [1.54, 1.807) is 30.3 Å². The van der Waals surface area contributed by atoms with Crippen molar-refractivity contribution in [1.82, 2.24) is 9.88 Å². The summed E-state index contributed by atoms with van der Waals surface area (Å²) in [5, 5.41) is 0.674. The maximum Gasteiger partial charge on any atom is 0.222 e. The first-order valence-electron chi connectivity index (χ1n) is 7.95. The number of nitrogens with zero attached hydrogens (tertiary/aromatic N) is 2. The summed E-state index contributed by atoms with van der Waals surface area (Å²) in [5.74, 6) is 1.29. The van der Waals surface area contributed by atoms with Gasteiger partial charge in [0, 0.05) is 37.0 Å². The lowest BCUT2D eigenvalue weighted by atomic mass is 9.93. The first-order chi connectivity index (χ1) is 11.3. The third kappa shape index (κ3) is 7.16. The Balaban J connectivity index is 0.00000312. The summed E-state index contributed by atoms with van der Waals surface area (Å²) in [6.45, 7) is 5.26. The van der Waals surface area contributed by atoms with Crippen LogP contribution in [0.3, 0.4) is 0 Å². The van der Waals surface area contributed by atoms with Crippen molar-refractivity contribution in [1.29, 1.82) is 0 Å². The highest BCUT2D eigenvalue weighted by Gasteiger charge is 2.21. The van der Waals surface area contributed by atoms with Gasteiger partial charge in [-0.25, -0.2) is 4.98 Å². The topological polar surface area (TPSA) is 72.4 Å². The van der Waals surface area contributed by atoms with Crippen LogP contribution in [-0.2, 0) is 11.2 Å². The minimum atomic E-state index is -0.0882. The Morgan fingerprint density at radius 3 is 2.46 bits per heavy atom. The lowest BCUT2D eigenvalue weighted by Crippen LogP contribution is -2.39. The number of benzene rings is 1. The van der Waals surface area contributed by atoms with Crippen LogP contribution in [0.5, 0.6) is 0 Å². The molecule has 5 nitrogen and oxygen atoms in total. The first-order valence-corrected chi connectivity index (χ1v) is 8.33. The standard InChI is InChI=1S/C18H24ClN3O2.2ClH/c1-18(2,11-20)12-22(3)17(23)9-8-16-21-10-15(24-16)13-4-6-14(19)7-5-13;;/h4-7,10H,8-9,11-12,20H2,1-3H3;2*1H. The molecular weight excluding hydrogens is 397 g/mol. The average Bonchev–Trinajstić information content (AvgIpc) is 3.01. The van der Waals surface area contributed by atoms with Crippen molar-refractivity contribution in [2.24, 2.45) is 11.1 Å². The normalized spacial score (nSPS) is 10.7. The fourth-order valence-corrected chi connectivity index (χ4v) is 2.50. The quantitative estimate of drug-likeness (QED) is 0.725. The predicted octanol–water partition coefficient (Wildman–Crippen LogP) is 4.21. The van der Waals surface area contributed by atoms with E-state index in [4.69, 9.17) is 21.8 Å². The molecule has 0 bridgehead atoms. The second-order valence-corrected chi connectivity index (χ2v) is 7.18. The van der Waals surface area contributed by atoms with Gasteiger partial charge in [-0.3, -0.25) is 4.79 Å². The SMILES string of the molecule is CN(CC(C)(C)CN)C(=O)CCc1ncc(-c2ccc(Cl)cc2)o1.Cl.Cl. The van der Waals surface area contributed by atoms with E-state index < -0.39 is 0 Å². The summed E-state index contributed by atoms with van der Waals surface area (Å²) in [4.78, 5) is 18.2. The fourth-order valence-electron chi connectivity index (χ4n) is 2.37. The number of oxazole rings is 1. The molecule has 2 aromatic rings. The van der Waals surface area contributed by atoms with Gasteiger partial charge in [0.2, 0.25) is 5.91 Å². The summed E-state index contributed by atoms with van der Waals surface area (Å²) in [6, 6.07) is 7.36. The van der Waals surface area contributed by atoms with Crippen LogP contribution < -0.4 is 5.73 Å². The van der Waals surface area contributed by atoms with Crippen molar-refractivity contribution in [2.45, 2.75) is 26.7 Å². The van der Waals surface area contributed by atoms with Crippen molar-refractivity contribution >= 4 is 42.3 Å². The van der Waals surface area contributed by atoms with E-state index in [1.807, 2.05) is 26.0 Å². The summed E-state index contributed by atoms with van der Waals surface area (Å²) in [7, 11) is 1.80. The van der Waals surface area contributed by atoms with Gasteiger partial charge in [-0.1, -0.05) is 25.4 Å². The zero-order chi connectivity index (χ0) is 17.7. The molecule has 0 saturated heterocycles. The Hall–Kier alpha value is -1.27. The monoisotopic (exact) mass is 421 g/mol. The number of aromatic nitrogens is 1. The van der Waals surface area contributed by atoms with Crippen molar-refractivity contribution < 1.29 is 9.21 Å². The van der Waals surface area contributed by atoms with Gasteiger partial charge in [0.05, 0.1) is 6.20 Å². The third-order valence-corrected chi connectivity index (χ3v) is 4.13. The fraction of sp³-hybridized carbons (Fsp3) is 0.444. The molecule has 8 heteroatoms. The largest absolute Gasteiger partial charge is 0.441 e. The molecule has 0 radical (unpaired) electrons. The number of rotatable bonds is 7. The number of amides is 1. The van der Waals surface area contributed by atoms with Gasteiger partial charge >= 0.3 is 0 Å². The van der Waals surface area contributed by atoms with E-state index in [2.05, 4.69) is 4.98 Å². The molecule has 1 aromatic heterocycles. The van der Waals surface area contributed by atoms with Gasteiger partial charge < -0.3 is 15.1 Å². The molecule has 1 aromatic carbocycles. The smallest absolute Gasteiger partial charge is 0.222 e. The molecule has 0 spiro atoms. The van der Waals surface area contributed by atoms with Crippen LogP contribution >= 0.6 is 36.4 Å². The second-order valence-electron chi connectivity index (χ2n) is 6.74. The highest BCUT2D eigenvalue weighted by molar-refractivity contribution is 6.30. The van der Waals surface area contributed by atoms with Crippen LogP contribution in [0.2, 0.25) is 5.02 Å². The summed E-state index contributed by atoms with van der Waals surface area (Å²) < 4.78 is 5.72. The highest BCUT2D eigenvalue weighted by atomic mass is 35.5. The molecule has 0 aliphatic heterocycles. The third-order valence-electron chi connectivity index (χ3n) is 3.88. The van der Waals surface area contributed by atoms with E-state index in [0.29, 0.717) is 42.6 Å². The highest BCUT2D eigenvalue weighted by Crippen LogP contribution is 2.23. The maximum atomic E-state index is 12.2. The molecule has 0 saturated carbocycles. The van der Waals surface area contributed by atoms with E-state index >= 15 is 0 Å². The minimum Gasteiger partial charge on any atom is -0.441 e. The Kier molecular flexibility index (Phi) is 10.2. The van der Waals surface area contributed by atoms with Crippen LogP contribution in [0.1, 0.15) is 26.2 Å². The van der Waals surface area contributed by atoms with Crippen LogP contribution in [0.4, 0.5) is 0 Å². The van der Waals surface area contributed by atoms with Crippen LogP contribution in [-0.4, -0.2) is 35.9 Å². The zero-order valence-corrected chi connectivity index (χ0v) is 17.6. The summed E-state index contributed by atoms with van der Waals surface area (Å²) in [6.07, 6.45) is 2.50. The molecule has 146 valence electrons. The van der Waals surface area contributed by atoms with Crippen LogP contribution in [0.25, 0.3) is 11.3 Å². The number of nitrogens with two attached hydrogens (primary N) is 1. The Bertz CT molecular complexity index is 687. The van der Waals surface area contributed by atoms with Gasteiger partial charge in [-0.15, -0.1) is 24.8 Å². The predicted molar refractivity (Wildman–Crippen MR) is 110 cm³/mol. The van der Waals surface area contributed by atoms with Crippen LogP contribution in [0.15, 0.2) is 34.9 Å². The summed E-state index contributed by atoms with van der Waals surface area (Å²) in [5.41, 5.74) is 6.54. The van der Waals surface area contributed by atoms with E-state index in [-0.39, 0.29) is 36.1 Å². The molecule has 2 rings (SSSR count). The number of hydrogen-bond acceptors (Lipinski definition) is 4. The van der Waals surface area contributed by atoms with Gasteiger partial charge in [-0.2, -0.15) is 0 Å². The first kappa shape index (κ1) is 24.7. The molecule has 0 atom stereocenters. The molecule has 2 N–H and O–H groups in total. The molecule has 1 amide bonds. The Labute approximate surface area is 172 Å². The van der Waals surface area contributed by atoms with Gasteiger partial charge in [0.1, 0.15) is 0 Å². The molecule has 26 heavy (non-hydrogen) atoms. The number of aryl methyl sites for hydroxylation is 1. The number of halogens is 3. The minimum absolute atomic E-state index is 0. The zero-order valence-electron chi connectivity index (χ0n) is 15.2. The van der Waals surface area contributed by atoms with Crippen molar-refractivity contribution in [3.05, 3.63) is 41.4 Å². The van der Waals surface area contributed by atoms with Crippen LogP contribution in [0, 0.1) is 5.41 Å². The number of hydrogen-bond donors (Lipinski definition) is 1. The van der Waals surface area contributed by atoms with E-state index in [0.717, 1.165) is 5.56 Å². The molecular formula is C18H26Cl3N3O2. The van der Waals surface area contributed by atoms with Crippen molar-refractivity contribution in [3.63, 3.8) is 0 Å². The van der Waals surface area contributed by atoms with E-state index in [1.165, 1.54) is 0 Å². The Morgan fingerprint density at radius 2 is 1.88 bits per heavy atom. The number of carbonyl (C=O) groups excluding carboxylic acids is 1. The lowest BCUT2D eigenvalue weighted by molar-refractivity contribution is -0.131.